The van der Waals surface area contributed by atoms with Crippen molar-refractivity contribution in [2.24, 2.45) is 0 Å². The first-order valence-corrected chi connectivity index (χ1v) is 9.43. The van der Waals surface area contributed by atoms with Gasteiger partial charge in [0.15, 0.2) is 11.5 Å². The van der Waals surface area contributed by atoms with Crippen LogP contribution in [0, 0.1) is 0 Å². The maximum Gasteiger partial charge on any atom is 0.224 e. The first-order valence-electron chi connectivity index (χ1n) is 9.06. The highest BCUT2D eigenvalue weighted by Crippen LogP contribution is 2.38. The largest absolute Gasteiger partial charge is 0.486 e. The second-order valence-electron chi connectivity index (χ2n) is 6.63. The van der Waals surface area contributed by atoms with Gasteiger partial charge in [-0.1, -0.05) is 23.7 Å². The number of halogens is 1. The van der Waals surface area contributed by atoms with Gasteiger partial charge in [-0.3, -0.25) is 4.79 Å². The first-order chi connectivity index (χ1) is 13.6. The number of carbonyl (C=O) groups excluding carboxylic acids is 1. The lowest BCUT2D eigenvalue weighted by atomic mass is 10.1. The minimum absolute atomic E-state index is 0.0843. The second-order valence-corrected chi connectivity index (χ2v) is 7.04. The minimum atomic E-state index is -0.114. The molecule has 1 amide bonds. The topological polar surface area (TPSA) is 65.4 Å². The fourth-order valence-electron chi connectivity index (χ4n) is 3.17. The van der Waals surface area contributed by atoms with Gasteiger partial charge in [-0.25, -0.2) is 4.98 Å². The van der Waals surface area contributed by atoms with Gasteiger partial charge < -0.3 is 19.4 Å². The SMILES string of the molecule is CC(NC(=O)Cc1cc(Cl)c2c(c1)OCCO2)c1ccc(-n2ccnc2)cc1. The first kappa shape index (κ1) is 18.4. The average Bonchev–Trinajstić information content (AvgIpc) is 3.23. The fourth-order valence-corrected chi connectivity index (χ4v) is 3.46. The Kier molecular flexibility index (Phi) is 5.21. The van der Waals surface area contributed by atoms with Crippen LogP contribution in [-0.2, 0) is 11.2 Å². The lowest BCUT2D eigenvalue weighted by Gasteiger charge is -2.20. The highest BCUT2D eigenvalue weighted by molar-refractivity contribution is 6.32. The van der Waals surface area contributed by atoms with Crippen LogP contribution in [-0.4, -0.2) is 28.7 Å². The number of aromatic nitrogens is 2. The summed E-state index contributed by atoms with van der Waals surface area (Å²) in [7, 11) is 0. The van der Waals surface area contributed by atoms with Gasteiger partial charge in [0.2, 0.25) is 5.91 Å². The van der Waals surface area contributed by atoms with Crippen LogP contribution in [0.4, 0.5) is 0 Å². The normalized spacial score (nSPS) is 13.8. The van der Waals surface area contributed by atoms with Gasteiger partial charge in [-0.15, -0.1) is 0 Å². The van der Waals surface area contributed by atoms with Crippen LogP contribution in [0.15, 0.2) is 55.1 Å². The van der Waals surface area contributed by atoms with E-state index in [1.54, 1.807) is 18.6 Å². The Bertz CT molecular complexity index is 971. The van der Waals surface area contributed by atoms with Gasteiger partial charge in [0.25, 0.3) is 0 Å². The molecule has 1 aliphatic heterocycles. The van der Waals surface area contributed by atoms with Crippen molar-refractivity contribution in [3.8, 4) is 17.2 Å². The van der Waals surface area contributed by atoms with E-state index in [0.29, 0.717) is 29.7 Å². The predicted molar refractivity (Wildman–Crippen MR) is 106 cm³/mol. The van der Waals surface area contributed by atoms with E-state index in [1.165, 1.54) is 0 Å². The summed E-state index contributed by atoms with van der Waals surface area (Å²) in [6.45, 7) is 2.91. The van der Waals surface area contributed by atoms with Gasteiger partial charge in [-0.05, 0) is 42.3 Å². The molecule has 1 unspecified atom stereocenters. The van der Waals surface area contributed by atoms with Crippen LogP contribution in [0.25, 0.3) is 5.69 Å². The van der Waals surface area contributed by atoms with Crippen molar-refractivity contribution < 1.29 is 14.3 Å². The third-order valence-electron chi connectivity index (χ3n) is 4.59. The van der Waals surface area contributed by atoms with Crippen molar-refractivity contribution in [1.29, 1.82) is 0 Å². The zero-order valence-electron chi connectivity index (χ0n) is 15.4. The highest BCUT2D eigenvalue weighted by atomic mass is 35.5. The fraction of sp³-hybridized carbons (Fsp3) is 0.238. The average molecular weight is 398 g/mol. The number of nitrogens with zero attached hydrogens (tertiary/aromatic N) is 2. The van der Waals surface area contributed by atoms with E-state index in [2.05, 4.69) is 10.3 Å². The Morgan fingerprint density at radius 1 is 1.25 bits per heavy atom. The molecule has 0 spiro atoms. The third-order valence-corrected chi connectivity index (χ3v) is 4.88. The van der Waals surface area contributed by atoms with E-state index in [-0.39, 0.29) is 18.4 Å². The predicted octanol–water partition coefficient (Wildman–Crippen LogP) is 3.72. The summed E-state index contributed by atoms with van der Waals surface area (Å²) in [5.74, 6) is 1.05. The molecular weight excluding hydrogens is 378 g/mol. The summed E-state index contributed by atoms with van der Waals surface area (Å²) in [5, 5.41) is 3.49. The molecule has 0 saturated carbocycles. The second kappa shape index (κ2) is 7.94. The Balaban J connectivity index is 1.40. The van der Waals surface area contributed by atoms with E-state index in [1.807, 2.05) is 48.0 Å². The molecule has 1 aromatic heterocycles. The maximum absolute atomic E-state index is 12.5. The molecule has 0 aliphatic carbocycles. The molecule has 1 atom stereocenters. The number of rotatable bonds is 5. The number of nitrogens with one attached hydrogen (secondary N) is 1. The molecule has 0 radical (unpaired) electrons. The van der Waals surface area contributed by atoms with Crippen molar-refractivity contribution in [2.45, 2.75) is 19.4 Å². The standard InChI is InChI=1S/C21H20ClN3O3/c1-14(16-2-4-17(5-3-16)25-7-6-23-13-25)24-20(26)12-15-10-18(22)21-19(11-15)27-8-9-28-21/h2-7,10-11,13-14H,8-9,12H2,1H3,(H,24,26). The summed E-state index contributed by atoms with van der Waals surface area (Å²) in [5.41, 5.74) is 2.83. The Hall–Kier alpha value is -2.99. The smallest absolute Gasteiger partial charge is 0.224 e. The van der Waals surface area contributed by atoms with Crippen LogP contribution in [0.1, 0.15) is 24.1 Å². The summed E-state index contributed by atoms with van der Waals surface area (Å²) in [6, 6.07) is 11.4. The number of hydrogen-bond donors (Lipinski definition) is 1. The number of imidazole rings is 1. The monoisotopic (exact) mass is 397 g/mol. The van der Waals surface area contributed by atoms with Crippen molar-refractivity contribution >= 4 is 17.5 Å². The number of fused-ring (bicyclic) bond motifs is 1. The molecule has 2 heterocycles. The number of hydrogen-bond acceptors (Lipinski definition) is 4. The summed E-state index contributed by atoms with van der Waals surface area (Å²) in [4.78, 5) is 16.5. The van der Waals surface area contributed by atoms with Crippen molar-refractivity contribution in [2.75, 3.05) is 13.2 Å². The zero-order chi connectivity index (χ0) is 19.5. The zero-order valence-corrected chi connectivity index (χ0v) is 16.1. The molecule has 2 aromatic carbocycles. The molecular formula is C21H20ClN3O3. The van der Waals surface area contributed by atoms with Crippen molar-refractivity contribution in [3.63, 3.8) is 0 Å². The molecule has 0 bridgehead atoms. The Morgan fingerprint density at radius 2 is 2.04 bits per heavy atom. The molecule has 28 heavy (non-hydrogen) atoms. The van der Waals surface area contributed by atoms with E-state index < -0.39 is 0 Å². The number of amides is 1. The van der Waals surface area contributed by atoms with E-state index in [0.717, 1.165) is 16.8 Å². The molecule has 1 aliphatic rings. The molecule has 1 N–H and O–H groups in total. The van der Waals surface area contributed by atoms with Gasteiger partial charge >= 0.3 is 0 Å². The molecule has 4 rings (SSSR count). The van der Waals surface area contributed by atoms with Gasteiger partial charge in [0.05, 0.1) is 23.8 Å². The van der Waals surface area contributed by atoms with Crippen molar-refractivity contribution in [1.82, 2.24) is 14.9 Å². The molecule has 0 saturated heterocycles. The maximum atomic E-state index is 12.5. The quantitative estimate of drug-likeness (QED) is 0.712. The van der Waals surface area contributed by atoms with Crippen LogP contribution in [0.5, 0.6) is 11.5 Å². The van der Waals surface area contributed by atoms with E-state index in [9.17, 15) is 4.79 Å². The number of ether oxygens (including phenoxy) is 2. The number of benzene rings is 2. The molecule has 3 aromatic rings. The summed E-state index contributed by atoms with van der Waals surface area (Å²) >= 11 is 6.25. The van der Waals surface area contributed by atoms with Crippen molar-refractivity contribution in [3.05, 3.63) is 71.3 Å². The molecule has 7 heteroatoms. The number of carbonyl (C=O) groups is 1. The molecule has 144 valence electrons. The van der Waals surface area contributed by atoms with Gasteiger partial charge in [0.1, 0.15) is 13.2 Å². The van der Waals surface area contributed by atoms with Crippen LogP contribution < -0.4 is 14.8 Å². The molecule has 0 fully saturated rings. The minimum Gasteiger partial charge on any atom is -0.486 e. The summed E-state index contributed by atoms with van der Waals surface area (Å²) < 4.78 is 13.0. The lowest BCUT2D eigenvalue weighted by molar-refractivity contribution is -0.121. The van der Waals surface area contributed by atoms with Gasteiger partial charge in [-0.2, -0.15) is 0 Å². The molecule has 6 nitrogen and oxygen atoms in total. The highest BCUT2D eigenvalue weighted by Gasteiger charge is 2.18. The third kappa shape index (κ3) is 3.97. The van der Waals surface area contributed by atoms with Crippen LogP contribution in [0.2, 0.25) is 5.02 Å². The Labute approximate surface area is 168 Å². The van der Waals surface area contributed by atoms with Crippen LogP contribution in [0.3, 0.4) is 0 Å². The lowest BCUT2D eigenvalue weighted by Crippen LogP contribution is -2.28. The Morgan fingerprint density at radius 3 is 2.79 bits per heavy atom. The van der Waals surface area contributed by atoms with E-state index >= 15 is 0 Å². The van der Waals surface area contributed by atoms with Gasteiger partial charge in [0, 0.05) is 18.1 Å². The van der Waals surface area contributed by atoms with E-state index in [4.69, 9.17) is 21.1 Å². The summed E-state index contributed by atoms with van der Waals surface area (Å²) in [6.07, 6.45) is 5.59. The van der Waals surface area contributed by atoms with Crippen LogP contribution >= 0.6 is 11.6 Å².